The summed E-state index contributed by atoms with van der Waals surface area (Å²) in [6.45, 7) is 3.89. The molecule has 0 spiro atoms. The van der Waals surface area contributed by atoms with Crippen molar-refractivity contribution in [2.75, 3.05) is 6.61 Å². The topological polar surface area (TPSA) is 75.3 Å². The van der Waals surface area contributed by atoms with E-state index in [-0.39, 0.29) is 18.4 Å². The lowest BCUT2D eigenvalue weighted by Crippen LogP contribution is -2.37. The fourth-order valence-electron chi connectivity index (χ4n) is 1.45. The van der Waals surface area contributed by atoms with Crippen LogP contribution in [0.5, 0.6) is 0 Å². The minimum absolute atomic E-state index is 0.0775. The summed E-state index contributed by atoms with van der Waals surface area (Å²) in [6.07, 6.45) is 4.30. The Morgan fingerprint density at radius 1 is 1.57 bits per heavy atom. The van der Waals surface area contributed by atoms with Crippen LogP contribution in [0.3, 0.4) is 0 Å². The highest BCUT2D eigenvalue weighted by molar-refractivity contribution is 5.80. The number of aliphatic hydroxyl groups excluding tert-OH is 1. The molecule has 0 saturated carbocycles. The van der Waals surface area contributed by atoms with Crippen LogP contribution < -0.4 is 11.3 Å². The van der Waals surface area contributed by atoms with Crippen molar-refractivity contribution in [2.24, 2.45) is 11.8 Å². The number of hydrogen-bond donors (Lipinski definition) is 3. The Balaban J connectivity index is 4.59. The second-order valence-corrected chi connectivity index (χ2v) is 3.20. The van der Waals surface area contributed by atoms with Gasteiger partial charge in [-0.05, 0) is 18.4 Å². The number of amides is 1. The smallest absolute Gasteiger partial charge is 0.241 e. The lowest BCUT2D eigenvalue weighted by Gasteiger charge is -2.16. The molecule has 0 fully saturated rings. The molecule has 4 nitrogen and oxygen atoms in total. The van der Waals surface area contributed by atoms with Crippen LogP contribution >= 0.6 is 0 Å². The Labute approximate surface area is 85.1 Å². The van der Waals surface area contributed by atoms with Crippen molar-refractivity contribution >= 4 is 5.91 Å². The molecule has 0 aromatic rings. The molecule has 0 rings (SSSR count). The highest BCUT2D eigenvalue weighted by atomic mass is 16.3. The van der Waals surface area contributed by atoms with Gasteiger partial charge in [0.15, 0.2) is 0 Å². The molecule has 0 aromatic heterocycles. The van der Waals surface area contributed by atoms with Crippen LogP contribution in [-0.4, -0.2) is 17.6 Å². The molecule has 14 heavy (non-hydrogen) atoms. The van der Waals surface area contributed by atoms with Crippen molar-refractivity contribution in [1.29, 1.82) is 0 Å². The fourth-order valence-corrected chi connectivity index (χ4v) is 1.45. The summed E-state index contributed by atoms with van der Waals surface area (Å²) >= 11 is 0. The summed E-state index contributed by atoms with van der Waals surface area (Å²) in [4.78, 5) is 11.4. The van der Waals surface area contributed by atoms with Gasteiger partial charge in [-0.15, -0.1) is 0 Å². The molecule has 1 unspecified atom stereocenters. The number of carbonyl (C=O) groups is 1. The molecule has 0 heterocycles. The Kier molecular flexibility index (Phi) is 7.06. The van der Waals surface area contributed by atoms with E-state index in [0.29, 0.717) is 0 Å². The zero-order valence-electron chi connectivity index (χ0n) is 8.92. The second kappa shape index (κ2) is 7.53. The van der Waals surface area contributed by atoms with Crippen LogP contribution in [0.2, 0.25) is 0 Å². The molecule has 0 aliphatic carbocycles. The van der Waals surface area contributed by atoms with Gasteiger partial charge < -0.3 is 5.11 Å². The maximum absolute atomic E-state index is 11.4. The van der Waals surface area contributed by atoms with E-state index < -0.39 is 0 Å². The molecule has 1 atom stereocenters. The third-order valence-electron chi connectivity index (χ3n) is 2.13. The van der Waals surface area contributed by atoms with Crippen molar-refractivity contribution in [3.05, 3.63) is 11.6 Å². The van der Waals surface area contributed by atoms with Gasteiger partial charge in [0.05, 0.1) is 12.5 Å². The number of hydrogen-bond acceptors (Lipinski definition) is 3. The van der Waals surface area contributed by atoms with E-state index in [1.165, 1.54) is 0 Å². The van der Waals surface area contributed by atoms with Gasteiger partial charge >= 0.3 is 0 Å². The molecule has 0 aliphatic rings. The minimum atomic E-state index is -0.282. The molecule has 0 bridgehead atoms. The Morgan fingerprint density at radius 3 is 2.57 bits per heavy atom. The van der Waals surface area contributed by atoms with E-state index in [9.17, 15) is 4.79 Å². The SMILES string of the molecule is CC/C=C(/CO)C(CCC)C(=O)NN. The van der Waals surface area contributed by atoms with Crippen molar-refractivity contribution in [1.82, 2.24) is 5.43 Å². The first-order chi connectivity index (χ1) is 6.71. The number of carbonyl (C=O) groups excluding carboxylic acids is 1. The number of aliphatic hydroxyl groups is 1. The predicted octanol–water partition coefficient (Wildman–Crippen LogP) is 0.721. The van der Waals surface area contributed by atoms with E-state index in [2.05, 4.69) is 5.43 Å². The van der Waals surface area contributed by atoms with Gasteiger partial charge in [0.1, 0.15) is 0 Å². The van der Waals surface area contributed by atoms with E-state index in [4.69, 9.17) is 10.9 Å². The van der Waals surface area contributed by atoms with E-state index in [1.807, 2.05) is 19.9 Å². The second-order valence-electron chi connectivity index (χ2n) is 3.20. The molecule has 4 N–H and O–H groups in total. The molecular weight excluding hydrogens is 180 g/mol. The minimum Gasteiger partial charge on any atom is -0.392 e. The van der Waals surface area contributed by atoms with E-state index >= 15 is 0 Å². The third kappa shape index (κ3) is 3.89. The van der Waals surface area contributed by atoms with Gasteiger partial charge in [0, 0.05) is 0 Å². The van der Waals surface area contributed by atoms with Crippen LogP contribution in [0.25, 0.3) is 0 Å². The van der Waals surface area contributed by atoms with Crippen molar-refractivity contribution < 1.29 is 9.90 Å². The number of allylic oxidation sites excluding steroid dienone is 1. The first-order valence-electron chi connectivity index (χ1n) is 5.01. The highest BCUT2D eigenvalue weighted by Gasteiger charge is 2.20. The quantitative estimate of drug-likeness (QED) is 0.256. The number of nitrogens with one attached hydrogen (secondary N) is 1. The molecule has 0 aliphatic heterocycles. The molecule has 1 amide bonds. The molecule has 0 radical (unpaired) electrons. The van der Waals surface area contributed by atoms with Crippen molar-refractivity contribution in [2.45, 2.75) is 33.1 Å². The summed E-state index contributed by atoms with van der Waals surface area (Å²) in [5, 5.41) is 9.11. The lowest BCUT2D eigenvalue weighted by molar-refractivity contribution is -0.124. The van der Waals surface area contributed by atoms with Crippen LogP contribution in [0, 0.1) is 5.92 Å². The summed E-state index contributed by atoms with van der Waals surface area (Å²) in [6, 6.07) is 0. The van der Waals surface area contributed by atoms with Gasteiger partial charge in [-0.3, -0.25) is 10.2 Å². The first-order valence-corrected chi connectivity index (χ1v) is 5.01. The molecule has 82 valence electrons. The maximum Gasteiger partial charge on any atom is 0.241 e. The maximum atomic E-state index is 11.4. The van der Waals surface area contributed by atoms with Crippen LogP contribution in [0.15, 0.2) is 11.6 Å². The number of rotatable bonds is 6. The van der Waals surface area contributed by atoms with Gasteiger partial charge in [-0.25, -0.2) is 5.84 Å². The first kappa shape index (κ1) is 13.1. The van der Waals surface area contributed by atoms with Crippen LogP contribution in [-0.2, 0) is 4.79 Å². The molecule has 0 aromatic carbocycles. The monoisotopic (exact) mass is 200 g/mol. The Morgan fingerprint density at radius 2 is 2.21 bits per heavy atom. The molecule has 0 saturated heterocycles. The zero-order valence-corrected chi connectivity index (χ0v) is 8.92. The van der Waals surface area contributed by atoms with Crippen LogP contribution in [0.4, 0.5) is 0 Å². The zero-order chi connectivity index (χ0) is 11.0. The van der Waals surface area contributed by atoms with Crippen molar-refractivity contribution in [3.63, 3.8) is 0 Å². The summed E-state index contributed by atoms with van der Waals surface area (Å²) < 4.78 is 0. The van der Waals surface area contributed by atoms with Crippen molar-refractivity contribution in [3.8, 4) is 0 Å². The lowest BCUT2D eigenvalue weighted by atomic mass is 9.93. The van der Waals surface area contributed by atoms with E-state index in [0.717, 1.165) is 24.8 Å². The van der Waals surface area contributed by atoms with E-state index in [1.54, 1.807) is 0 Å². The summed E-state index contributed by atoms with van der Waals surface area (Å²) in [5.41, 5.74) is 2.89. The average molecular weight is 200 g/mol. The normalized spacial score (nSPS) is 13.9. The van der Waals surface area contributed by atoms with Crippen LogP contribution in [0.1, 0.15) is 33.1 Å². The fraction of sp³-hybridized carbons (Fsp3) is 0.700. The van der Waals surface area contributed by atoms with Gasteiger partial charge in [-0.2, -0.15) is 0 Å². The summed E-state index contributed by atoms with van der Waals surface area (Å²) in [5.74, 6) is 4.58. The van der Waals surface area contributed by atoms with Gasteiger partial charge in [0.2, 0.25) is 5.91 Å². The van der Waals surface area contributed by atoms with Gasteiger partial charge in [0.25, 0.3) is 0 Å². The van der Waals surface area contributed by atoms with Gasteiger partial charge in [-0.1, -0.05) is 26.3 Å². The molecule has 4 heteroatoms. The Hall–Kier alpha value is -0.870. The third-order valence-corrected chi connectivity index (χ3v) is 2.13. The predicted molar refractivity (Wildman–Crippen MR) is 56.2 cm³/mol. The number of hydrazine groups is 1. The Bertz CT molecular complexity index is 202. The average Bonchev–Trinajstić information content (AvgIpc) is 2.22. The molecular formula is C10H20N2O2. The number of nitrogens with two attached hydrogens (primary N) is 1. The highest BCUT2D eigenvalue weighted by Crippen LogP contribution is 2.17. The summed E-state index contributed by atoms with van der Waals surface area (Å²) in [7, 11) is 0. The largest absolute Gasteiger partial charge is 0.392 e. The standard InChI is InChI=1S/C10H20N2O2/c1-3-5-8(7-13)9(6-4-2)10(14)12-11/h5,9,13H,3-4,6-7,11H2,1-2H3,(H,12,14)/b8-5-.